The van der Waals surface area contributed by atoms with Crippen molar-refractivity contribution in [2.45, 2.75) is 32.7 Å². The number of halogens is 2. The van der Waals surface area contributed by atoms with E-state index < -0.39 is 11.7 Å². The molecule has 6 nitrogen and oxygen atoms in total. The Morgan fingerprint density at radius 1 is 1.38 bits per heavy atom. The van der Waals surface area contributed by atoms with E-state index in [9.17, 15) is 9.59 Å². The van der Waals surface area contributed by atoms with Crippen molar-refractivity contribution in [3.63, 3.8) is 0 Å². The van der Waals surface area contributed by atoms with Crippen LogP contribution in [0.4, 0.5) is 10.1 Å². The smallest absolute Gasteiger partial charge is 0.298 e. The zero-order valence-corrected chi connectivity index (χ0v) is 17.1. The predicted molar refractivity (Wildman–Crippen MR) is 110 cm³/mol. The number of anilines is 1. The molecule has 29 heavy (non-hydrogen) atoms. The molecule has 3 heterocycles. The predicted octanol–water partition coefficient (Wildman–Crippen LogP) is 2.82. The van der Waals surface area contributed by atoms with Crippen LogP contribution in [-0.2, 0) is 4.79 Å². The number of primary amides is 1. The fourth-order valence-electron chi connectivity index (χ4n) is 4.71. The van der Waals surface area contributed by atoms with Crippen molar-refractivity contribution < 1.29 is 14.0 Å². The summed E-state index contributed by atoms with van der Waals surface area (Å²) >= 11 is 6.49. The maximum atomic E-state index is 15.2. The highest BCUT2D eigenvalue weighted by Gasteiger charge is 2.42. The Kier molecular flexibility index (Phi) is 4.91. The van der Waals surface area contributed by atoms with Crippen LogP contribution in [0.15, 0.2) is 6.07 Å². The molecule has 0 bridgehead atoms. The van der Waals surface area contributed by atoms with Gasteiger partial charge in [0.2, 0.25) is 0 Å². The minimum Gasteiger partial charge on any atom is -0.366 e. The molecule has 2 amide bonds. The van der Waals surface area contributed by atoms with Crippen molar-refractivity contribution in [1.29, 1.82) is 0 Å². The summed E-state index contributed by atoms with van der Waals surface area (Å²) in [4.78, 5) is 31.1. The van der Waals surface area contributed by atoms with Gasteiger partial charge in [0.15, 0.2) is 0 Å². The van der Waals surface area contributed by atoms with Gasteiger partial charge in [0.1, 0.15) is 5.82 Å². The third-order valence-corrected chi connectivity index (χ3v) is 6.44. The molecule has 1 aromatic heterocycles. The van der Waals surface area contributed by atoms with Gasteiger partial charge in [-0.25, -0.2) is 4.39 Å². The zero-order chi connectivity index (χ0) is 20.9. The second kappa shape index (κ2) is 7.27. The molecular formula is C21H22ClFN4O2. The molecule has 0 saturated carbocycles. The number of hydrogen-bond acceptors (Lipinski definition) is 3. The summed E-state index contributed by atoms with van der Waals surface area (Å²) < 4.78 is 15.2. The number of H-pyrrole nitrogens is 1. The maximum absolute atomic E-state index is 15.2. The van der Waals surface area contributed by atoms with Gasteiger partial charge in [-0.2, -0.15) is 0 Å². The number of nitrogens with zero attached hydrogens (tertiary/aromatic N) is 2. The molecule has 152 valence electrons. The first-order valence-electron chi connectivity index (χ1n) is 9.61. The van der Waals surface area contributed by atoms with Gasteiger partial charge in [-0.15, -0.1) is 0 Å². The van der Waals surface area contributed by atoms with E-state index in [2.05, 4.69) is 16.8 Å². The highest BCUT2D eigenvalue weighted by molar-refractivity contribution is 6.38. The molecule has 8 heteroatoms. The number of aryl methyl sites for hydroxylation is 1. The number of hydrogen-bond donors (Lipinski definition) is 2. The van der Waals surface area contributed by atoms with Crippen LogP contribution >= 0.6 is 11.6 Å². The van der Waals surface area contributed by atoms with Gasteiger partial charge in [0.05, 0.1) is 27.8 Å². The van der Waals surface area contributed by atoms with Gasteiger partial charge < -0.3 is 20.5 Å². The Bertz CT molecular complexity index is 1080. The molecule has 2 aliphatic heterocycles. The molecule has 0 aliphatic carbocycles. The number of nitrogens with one attached hydrogen (secondary N) is 1. The van der Waals surface area contributed by atoms with E-state index in [0.717, 1.165) is 12.8 Å². The van der Waals surface area contributed by atoms with Gasteiger partial charge in [0.25, 0.3) is 11.8 Å². The lowest BCUT2D eigenvalue weighted by molar-refractivity contribution is -0.129. The van der Waals surface area contributed by atoms with Crippen LogP contribution in [0, 0.1) is 30.5 Å². The highest BCUT2D eigenvalue weighted by atomic mass is 35.5. The molecule has 2 aromatic rings. The first-order chi connectivity index (χ1) is 13.8. The van der Waals surface area contributed by atoms with Crippen LogP contribution in [0.2, 0.25) is 5.02 Å². The largest absolute Gasteiger partial charge is 0.366 e. The van der Waals surface area contributed by atoms with Crippen LogP contribution < -0.4 is 10.6 Å². The molecule has 2 saturated heterocycles. The Morgan fingerprint density at radius 2 is 2.14 bits per heavy atom. The standard InChI is InChI=1S/C21H22ClFN4O2/c1-3-5-16(28)27-7-4-6-12-9-26(10-15(12)27)20-14(23)8-13(21(24)29)19-17(20)18(22)11(2)25-19/h8,12,15,25H,4,6-7,9-10H2,1-2H3,(H2,24,29)/t12-,15+/m0/s1. The molecule has 4 rings (SSSR count). The molecule has 0 spiro atoms. The van der Waals surface area contributed by atoms with Crippen LogP contribution in [-0.4, -0.2) is 47.4 Å². The van der Waals surface area contributed by atoms with Crippen molar-refractivity contribution in [1.82, 2.24) is 9.88 Å². The average molecular weight is 417 g/mol. The molecular weight excluding hydrogens is 395 g/mol. The number of aromatic amines is 1. The quantitative estimate of drug-likeness (QED) is 0.738. The summed E-state index contributed by atoms with van der Waals surface area (Å²) in [5, 5.41) is 0.833. The number of nitrogens with two attached hydrogens (primary N) is 1. The number of fused-ring (bicyclic) bond motifs is 2. The van der Waals surface area contributed by atoms with Gasteiger partial charge in [-0.05, 0) is 44.6 Å². The number of carbonyl (C=O) groups is 2. The lowest BCUT2D eigenvalue weighted by Gasteiger charge is -2.35. The number of benzene rings is 1. The van der Waals surface area contributed by atoms with Crippen LogP contribution in [0.5, 0.6) is 0 Å². The Labute approximate surface area is 173 Å². The van der Waals surface area contributed by atoms with Crippen molar-refractivity contribution in [2.24, 2.45) is 11.7 Å². The van der Waals surface area contributed by atoms with Crippen LogP contribution in [0.3, 0.4) is 0 Å². The van der Waals surface area contributed by atoms with Crippen molar-refractivity contribution in [3.8, 4) is 11.8 Å². The minimum absolute atomic E-state index is 0.0267. The van der Waals surface area contributed by atoms with Crippen molar-refractivity contribution >= 4 is 40.0 Å². The topological polar surface area (TPSA) is 82.4 Å². The van der Waals surface area contributed by atoms with E-state index in [0.29, 0.717) is 46.9 Å². The van der Waals surface area contributed by atoms with Crippen molar-refractivity contribution in [2.75, 3.05) is 24.5 Å². The molecule has 2 atom stereocenters. The van der Waals surface area contributed by atoms with Gasteiger partial charge in [0, 0.05) is 30.7 Å². The molecule has 2 fully saturated rings. The fourth-order valence-corrected chi connectivity index (χ4v) is 4.94. The van der Waals surface area contributed by atoms with E-state index in [1.165, 1.54) is 6.07 Å². The minimum atomic E-state index is -0.719. The Hall–Kier alpha value is -2.72. The zero-order valence-electron chi connectivity index (χ0n) is 16.3. The van der Waals surface area contributed by atoms with Gasteiger partial charge in [-0.1, -0.05) is 17.5 Å². The Balaban J connectivity index is 1.79. The van der Waals surface area contributed by atoms with E-state index in [-0.39, 0.29) is 23.4 Å². The lowest BCUT2D eigenvalue weighted by atomic mass is 9.92. The summed E-state index contributed by atoms with van der Waals surface area (Å²) in [6.07, 6.45) is 1.86. The number of aromatic nitrogens is 1. The number of likely N-dealkylation sites (tertiary alicyclic amines) is 1. The summed E-state index contributed by atoms with van der Waals surface area (Å²) in [7, 11) is 0. The molecule has 1 aromatic carbocycles. The molecule has 2 aliphatic rings. The van der Waals surface area contributed by atoms with Crippen LogP contribution in [0.1, 0.15) is 35.8 Å². The molecule has 3 N–H and O–H groups in total. The third-order valence-electron chi connectivity index (χ3n) is 5.97. The summed E-state index contributed by atoms with van der Waals surface area (Å²) in [6.45, 7) is 5.16. The van der Waals surface area contributed by atoms with Crippen LogP contribution in [0.25, 0.3) is 10.9 Å². The molecule has 0 radical (unpaired) electrons. The number of piperidine rings is 1. The lowest BCUT2D eigenvalue weighted by Crippen LogP contribution is -2.48. The summed E-state index contributed by atoms with van der Waals surface area (Å²) in [5.41, 5.74) is 6.95. The van der Waals surface area contributed by atoms with Crippen molar-refractivity contribution in [3.05, 3.63) is 28.2 Å². The first-order valence-corrected chi connectivity index (χ1v) is 9.99. The van der Waals surface area contributed by atoms with Gasteiger partial charge >= 0.3 is 0 Å². The third kappa shape index (κ3) is 3.12. The van der Waals surface area contributed by atoms with E-state index in [4.69, 9.17) is 17.3 Å². The summed E-state index contributed by atoms with van der Waals surface area (Å²) in [6, 6.07) is 1.14. The number of carbonyl (C=O) groups excluding carboxylic acids is 2. The van der Waals surface area contributed by atoms with Gasteiger partial charge in [-0.3, -0.25) is 9.59 Å². The second-order valence-electron chi connectivity index (χ2n) is 7.68. The SMILES string of the molecule is CC#CC(=O)N1CCC[C@H]2CN(c3c(F)cc(C(N)=O)c4[nH]c(C)c(Cl)c34)C[C@H]21. The normalized spacial score (nSPS) is 21.1. The molecule has 0 unspecified atom stereocenters. The van der Waals surface area contributed by atoms with E-state index >= 15 is 4.39 Å². The monoisotopic (exact) mass is 416 g/mol. The average Bonchev–Trinajstić information content (AvgIpc) is 3.23. The fraction of sp³-hybridized carbons (Fsp3) is 0.429. The maximum Gasteiger partial charge on any atom is 0.298 e. The van der Waals surface area contributed by atoms with E-state index in [1.807, 2.05) is 9.80 Å². The highest BCUT2D eigenvalue weighted by Crippen LogP contribution is 2.42. The number of rotatable bonds is 2. The number of amides is 2. The Morgan fingerprint density at radius 3 is 2.83 bits per heavy atom. The summed E-state index contributed by atoms with van der Waals surface area (Å²) in [5.74, 6) is 4.07. The first kappa shape index (κ1) is 19.6. The van der Waals surface area contributed by atoms with E-state index in [1.54, 1.807) is 13.8 Å². The second-order valence-corrected chi connectivity index (χ2v) is 8.06.